The lowest BCUT2D eigenvalue weighted by Crippen LogP contribution is -2.35. The fraction of sp³-hybridized carbons (Fsp3) is 0.750. The van der Waals surface area contributed by atoms with Crippen molar-refractivity contribution in [3.05, 3.63) is 0 Å². The van der Waals surface area contributed by atoms with Crippen LogP contribution >= 0.6 is 0 Å². The van der Waals surface area contributed by atoms with Gasteiger partial charge in [0.25, 0.3) is 0 Å². The molecule has 0 saturated heterocycles. The van der Waals surface area contributed by atoms with Gasteiger partial charge >= 0.3 is 22.2 Å². The van der Waals surface area contributed by atoms with Crippen LogP contribution in [0.2, 0.25) is 0 Å². The van der Waals surface area contributed by atoms with E-state index in [2.05, 4.69) is 4.72 Å². The van der Waals surface area contributed by atoms with E-state index in [0.29, 0.717) is 0 Å². The molecule has 0 aliphatic heterocycles. The zero-order chi connectivity index (χ0) is 13.5. The molecule has 9 heteroatoms. The standard InChI is InChI=1S/C6H13NO3S.C2H2O4/c8-11(9,10)7-6-4-2-1-3-5-6;3-1(4)2(5)6/h6-7H,1-5H2,(H,8,9,10);(H,3,4)(H,5,6). The van der Waals surface area contributed by atoms with E-state index in [4.69, 9.17) is 24.4 Å². The Morgan fingerprint density at radius 3 is 1.71 bits per heavy atom. The summed E-state index contributed by atoms with van der Waals surface area (Å²) in [4.78, 5) is 18.2. The summed E-state index contributed by atoms with van der Waals surface area (Å²) in [5.41, 5.74) is 0. The molecule has 1 aliphatic carbocycles. The Hall–Kier alpha value is -1.19. The minimum Gasteiger partial charge on any atom is -0.473 e. The molecular weight excluding hydrogens is 254 g/mol. The maximum Gasteiger partial charge on any atom is 0.414 e. The summed E-state index contributed by atoms with van der Waals surface area (Å²) >= 11 is 0. The van der Waals surface area contributed by atoms with Crippen LogP contribution in [0, 0.1) is 0 Å². The summed E-state index contributed by atoms with van der Waals surface area (Å²) < 4.78 is 31.3. The van der Waals surface area contributed by atoms with Crippen molar-refractivity contribution < 1.29 is 32.8 Å². The smallest absolute Gasteiger partial charge is 0.414 e. The lowest BCUT2D eigenvalue weighted by Gasteiger charge is -2.20. The van der Waals surface area contributed by atoms with Gasteiger partial charge in [0.05, 0.1) is 0 Å². The largest absolute Gasteiger partial charge is 0.473 e. The number of carbonyl (C=O) groups is 2. The molecule has 0 bridgehead atoms. The van der Waals surface area contributed by atoms with Gasteiger partial charge in [0, 0.05) is 6.04 Å². The third-order valence-electron chi connectivity index (χ3n) is 2.10. The number of carboxylic acids is 2. The second-order valence-electron chi connectivity index (χ2n) is 3.54. The Kier molecular flexibility index (Phi) is 6.69. The molecule has 17 heavy (non-hydrogen) atoms. The molecule has 1 saturated carbocycles. The molecule has 0 spiro atoms. The van der Waals surface area contributed by atoms with Crippen LogP contribution in [0.15, 0.2) is 0 Å². The maximum absolute atomic E-state index is 10.3. The molecule has 100 valence electrons. The molecule has 4 N–H and O–H groups in total. The monoisotopic (exact) mass is 269 g/mol. The van der Waals surface area contributed by atoms with E-state index in [1.165, 1.54) is 6.42 Å². The number of rotatable bonds is 2. The van der Waals surface area contributed by atoms with Gasteiger partial charge in [-0.05, 0) is 12.8 Å². The Morgan fingerprint density at radius 2 is 1.41 bits per heavy atom. The molecule has 1 aliphatic rings. The SMILES string of the molecule is O=C(O)C(=O)O.O=S(=O)(O)NC1CCCCC1. The first kappa shape index (κ1) is 15.8. The Morgan fingerprint density at radius 1 is 1.00 bits per heavy atom. The van der Waals surface area contributed by atoms with Gasteiger partial charge in [-0.3, -0.25) is 4.55 Å². The van der Waals surface area contributed by atoms with Crippen molar-refractivity contribution in [2.24, 2.45) is 0 Å². The summed E-state index contributed by atoms with van der Waals surface area (Å²) in [5, 5.41) is 14.8. The van der Waals surface area contributed by atoms with Crippen LogP contribution in [0.3, 0.4) is 0 Å². The Bertz CT molecular complexity index is 346. The molecule has 0 aromatic heterocycles. The third kappa shape index (κ3) is 9.72. The molecule has 1 rings (SSSR count). The van der Waals surface area contributed by atoms with Crippen LogP contribution in [0.5, 0.6) is 0 Å². The highest BCUT2D eigenvalue weighted by molar-refractivity contribution is 7.83. The number of hydrogen-bond acceptors (Lipinski definition) is 4. The molecule has 1 fully saturated rings. The van der Waals surface area contributed by atoms with E-state index in [1.54, 1.807) is 0 Å². The summed E-state index contributed by atoms with van der Waals surface area (Å²) in [6.07, 6.45) is 4.96. The first-order chi connectivity index (χ1) is 7.72. The van der Waals surface area contributed by atoms with Gasteiger partial charge in [-0.2, -0.15) is 13.1 Å². The minimum atomic E-state index is -3.97. The summed E-state index contributed by atoms with van der Waals surface area (Å²) in [6, 6.07) is -0.0428. The third-order valence-corrected chi connectivity index (χ3v) is 2.73. The van der Waals surface area contributed by atoms with Crippen molar-refractivity contribution in [3.63, 3.8) is 0 Å². The predicted molar refractivity (Wildman–Crippen MR) is 56.8 cm³/mol. The average Bonchev–Trinajstić information content (AvgIpc) is 2.17. The fourth-order valence-corrected chi connectivity index (χ4v) is 2.09. The van der Waals surface area contributed by atoms with Crippen LogP contribution < -0.4 is 4.72 Å². The molecular formula is C8H15NO7S. The van der Waals surface area contributed by atoms with E-state index in [9.17, 15) is 8.42 Å². The summed E-state index contributed by atoms with van der Waals surface area (Å²) in [7, 11) is -3.97. The Balaban J connectivity index is 0.000000366. The number of aliphatic carboxylic acids is 2. The van der Waals surface area contributed by atoms with Gasteiger partial charge < -0.3 is 10.2 Å². The highest BCUT2D eigenvalue weighted by atomic mass is 32.2. The van der Waals surface area contributed by atoms with E-state index < -0.39 is 22.2 Å². The van der Waals surface area contributed by atoms with Crippen molar-refractivity contribution in [3.8, 4) is 0 Å². The first-order valence-electron chi connectivity index (χ1n) is 4.93. The lowest BCUT2D eigenvalue weighted by molar-refractivity contribution is -0.159. The maximum atomic E-state index is 10.3. The number of nitrogens with one attached hydrogen (secondary N) is 1. The zero-order valence-corrected chi connectivity index (χ0v) is 9.81. The van der Waals surface area contributed by atoms with E-state index in [1.807, 2.05) is 0 Å². The molecule has 0 atom stereocenters. The second kappa shape index (κ2) is 7.20. The van der Waals surface area contributed by atoms with Crippen molar-refractivity contribution in [2.45, 2.75) is 38.1 Å². The molecule has 0 aromatic carbocycles. The van der Waals surface area contributed by atoms with Crippen molar-refractivity contribution in [1.29, 1.82) is 0 Å². The molecule has 0 unspecified atom stereocenters. The van der Waals surface area contributed by atoms with Gasteiger partial charge in [-0.25, -0.2) is 9.59 Å². The molecule has 0 radical (unpaired) electrons. The Labute approximate surface area is 98.5 Å². The van der Waals surface area contributed by atoms with Gasteiger partial charge in [0.15, 0.2) is 0 Å². The lowest BCUT2D eigenvalue weighted by atomic mass is 9.96. The number of hydrogen-bond donors (Lipinski definition) is 4. The second-order valence-corrected chi connectivity index (χ2v) is 4.72. The van der Waals surface area contributed by atoms with Crippen molar-refractivity contribution in [1.82, 2.24) is 4.72 Å². The average molecular weight is 269 g/mol. The molecule has 8 nitrogen and oxygen atoms in total. The normalized spacial score (nSPS) is 16.8. The fourth-order valence-electron chi connectivity index (χ4n) is 1.43. The van der Waals surface area contributed by atoms with Crippen LogP contribution in [0.4, 0.5) is 0 Å². The van der Waals surface area contributed by atoms with E-state index in [0.717, 1.165) is 25.7 Å². The van der Waals surface area contributed by atoms with Gasteiger partial charge in [-0.15, -0.1) is 0 Å². The molecule has 0 aromatic rings. The highest BCUT2D eigenvalue weighted by Gasteiger charge is 2.17. The van der Waals surface area contributed by atoms with Crippen LogP contribution in [0.1, 0.15) is 32.1 Å². The zero-order valence-electron chi connectivity index (χ0n) is 9.00. The number of carboxylic acid groups (broad SMARTS) is 2. The highest BCUT2D eigenvalue weighted by Crippen LogP contribution is 2.17. The van der Waals surface area contributed by atoms with Crippen molar-refractivity contribution in [2.75, 3.05) is 0 Å². The van der Waals surface area contributed by atoms with E-state index in [-0.39, 0.29) is 6.04 Å². The topological polar surface area (TPSA) is 141 Å². The van der Waals surface area contributed by atoms with Gasteiger partial charge in [0.1, 0.15) is 0 Å². The van der Waals surface area contributed by atoms with Crippen LogP contribution in [-0.4, -0.2) is 41.2 Å². The molecule has 0 heterocycles. The van der Waals surface area contributed by atoms with Gasteiger partial charge in [-0.1, -0.05) is 19.3 Å². The van der Waals surface area contributed by atoms with Crippen LogP contribution in [-0.2, 0) is 19.9 Å². The predicted octanol–water partition coefficient (Wildman–Crippen LogP) is -0.133. The first-order valence-corrected chi connectivity index (χ1v) is 6.37. The summed E-state index contributed by atoms with van der Waals surface area (Å²) in [6.45, 7) is 0. The van der Waals surface area contributed by atoms with E-state index >= 15 is 0 Å². The quantitative estimate of drug-likeness (QED) is 0.404. The van der Waals surface area contributed by atoms with Crippen molar-refractivity contribution >= 4 is 22.2 Å². The minimum absolute atomic E-state index is 0.0428. The molecule has 0 amide bonds. The van der Waals surface area contributed by atoms with Crippen LogP contribution in [0.25, 0.3) is 0 Å². The van der Waals surface area contributed by atoms with Gasteiger partial charge in [0.2, 0.25) is 0 Å². The summed E-state index contributed by atoms with van der Waals surface area (Å²) in [5.74, 6) is -3.65.